The molecule has 1 aliphatic heterocycles. The first-order valence-electron chi connectivity index (χ1n) is 6.68. The molecule has 0 atom stereocenters. The quantitative estimate of drug-likeness (QED) is 0.912. The summed E-state index contributed by atoms with van der Waals surface area (Å²) in [5.74, 6) is -2.56. The van der Waals surface area contributed by atoms with E-state index in [9.17, 15) is 13.6 Å². The summed E-state index contributed by atoms with van der Waals surface area (Å²) in [4.78, 5) is 13.7. The summed E-state index contributed by atoms with van der Waals surface area (Å²) < 4.78 is 32.2. The molecule has 0 aliphatic carbocycles. The van der Waals surface area contributed by atoms with E-state index in [0.29, 0.717) is 39.1 Å². The lowest BCUT2D eigenvalue weighted by Gasteiger charge is -2.32. The Bertz CT molecular complexity index is 474. The number of halogens is 2. The molecule has 0 aromatic heterocycles. The van der Waals surface area contributed by atoms with Crippen LogP contribution in [0.15, 0.2) is 18.2 Å². The summed E-state index contributed by atoms with van der Waals surface area (Å²) >= 11 is 0. The van der Waals surface area contributed by atoms with Crippen molar-refractivity contribution in [3.63, 3.8) is 0 Å². The van der Waals surface area contributed by atoms with Gasteiger partial charge in [0.15, 0.2) is 11.6 Å². The lowest BCUT2D eigenvalue weighted by molar-refractivity contribution is 0.0120. The normalized spacial score (nSPS) is 16.4. The molecule has 2 N–H and O–H groups in total. The number of benzene rings is 1. The van der Waals surface area contributed by atoms with Crippen LogP contribution in [0, 0.1) is 11.6 Å². The molecule has 1 aliphatic rings. The molecule has 0 spiro atoms. The highest BCUT2D eigenvalue weighted by molar-refractivity contribution is 5.94. The topological polar surface area (TPSA) is 55.6 Å². The summed E-state index contributed by atoms with van der Waals surface area (Å²) in [6, 6.07) is 3.64. The van der Waals surface area contributed by atoms with Gasteiger partial charge in [-0.25, -0.2) is 8.78 Å². The number of nitrogens with zero attached hydrogens (tertiary/aromatic N) is 1. The number of likely N-dealkylation sites (tertiary alicyclic amines) is 1. The van der Waals surface area contributed by atoms with Crippen molar-refractivity contribution in [1.82, 2.24) is 4.90 Å². The van der Waals surface area contributed by atoms with Crippen molar-refractivity contribution in [2.45, 2.75) is 18.9 Å². The molecule has 1 fully saturated rings. The van der Waals surface area contributed by atoms with Gasteiger partial charge in [0.25, 0.3) is 5.91 Å². The molecule has 1 heterocycles. The van der Waals surface area contributed by atoms with E-state index in [0.717, 1.165) is 6.07 Å². The van der Waals surface area contributed by atoms with E-state index in [-0.39, 0.29) is 11.7 Å². The number of carbonyl (C=O) groups is 1. The second-order valence-corrected chi connectivity index (χ2v) is 4.75. The van der Waals surface area contributed by atoms with E-state index in [2.05, 4.69) is 0 Å². The fourth-order valence-electron chi connectivity index (χ4n) is 2.30. The van der Waals surface area contributed by atoms with Crippen LogP contribution in [0.4, 0.5) is 8.78 Å². The third-order valence-electron chi connectivity index (χ3n) is 3.38. The monoisotopic (exact) mass is 284 g/mol. The van der Waals surface area contributed by atoms with Gasteiger partial charge in [0.05, 0.1) is 18.3 Å². The minimum absolute atomic E-state index is 0.0833. The number of rotatable bonds is 4. The van der Waals surface area contributed by atoms with Gasteiger partial charge in [-0.1, -0.05) is 6.07 Å². The molecule has 110 valence electrons. The van der Waals surface area contributed by atoms with Crippen LogP contribution in [0.2, 0.25) is 0 Å². The Morgan fingerprint density at radius 1 is 1.35 bits per heavy atom. The second-order valence-electron chi connectivity index (χ2n) is 4.75. The molecule has 1 amide bonds. The molecule has 0 bridgehead atoms. The first-order chi connectivity index (χ1) is 9.63. The highest BCUT2D eigenvalue weighted by Gasteiger charge is 2.26. The lowest BCUT2D eigenvalue weighted by Crippen LogP contribution is -2.41. The van der Waals surface area contributed by atoms with Crippen molar-refractivity contribution in [1.29, 1.82) is 0 Å². The van der Waals surface area contributed by atoms with Gasteiger partial charge in [-0.05, 0) is 25.0 Å². The van der Waals surface area contributed by atoms with Crippen LogP contribution in [-0.4, -0.2) is 43.2 Å². The van der Waals surface area contributed by atoms with Gasteiger partial charge in [0.1, 0.15) is 0 Å². The SMILES string of the molecule is NCCOC1CCN(C(=O)c2cccc(F)c2F)CC1. The summed E-state index contributed by atoms with van der Waals surface area (Å²) in [5.41, 5.74) is 5.14. The number of ether oxygens (including phenoxy) is 1. The number of hydrogen-bond donors (Lipinski definition) is 1. The van der Waals surface area contributed by atoms with Gasteiger partial charge in [-0.2, -0.15) is 0 Å². The maximum absolute atomic E-state index is 13.6. The van der Waals surface area contributed by atoms with Crippen molar-refractivity contribution in [2.75, 3.05) is 26.2 Å². The number of carbonyl (C=O) groups excluding carboxylic acids is 1. The fraction of sp³-hybridized carbons (Fsp3) is 0.500. The van der Waals surface area contributed by atoms with E-state index < -0.39 is 17.5 Å². The maximum atomic E-state index is 13.6. The molecule has 6 heteroatoms. The Labute approximate surface area is 116 Å². The Morgan fingerprint density at radius 2 is 2.05 bits per heavy atom. The summed E-state index contributed by atoms with van der Waals surface area (Å²) in [7, 11) is 0. The zero-order chi connectivity index (χ0) is 14.5. The molecular formula is C14H18F2N2O2. The molecule has 4 nitrogen and oxygen atoms in total. The predicted molar refractivity (Wildman–Crippen MR) is 70.3 cm³/mol. The molecule has 20 heavy (non-hydrogen) atoms. The average Bonchev–Trinajstić information content (AvgIpc) is 2.48. The maximum Gasteiger partial charge on any atom is 0.256 e. The highest BCUT2D eigenvalue weighted by Crippen LogP contribution is 2.18. The van der Waals surface area contributed by atoms with Crippen LogP contribution in [-0.2, 0) is 4.74 Å². The third kappa shape index (κ3) is 3.32. The van der Waals surface area contributed by atoms with Crippen LogP contribution < -0.4 is 5.73 Å². The average molecular weight is 284 g/mol. The zero-order valence-electron chi connectivity index (χ0n) is 11.1. The van der Waals surface area contributed by atoms with Gasteiger partial charge < -0.3 is 15.4 Å². The Hall–Kier alpha value is -1.53. The number of piperidine rings is 1. The molecule has 2 rings (SSSR count). The van der Waals surface area contributed by atoms with Crippen molar-refractivity contribution in [3.05, 3.63) is 35.4 Å². The molecule has 1 saturated heterocycles. The lowest BCUT2D eigenvalue weighted by atomic mass is 10.1. The second kappa shape index (κ2) is 6.76. The molecule has 1 aromatic rings. The van der Waals surface area contributed by atoms with Crippen molar-refractivity contribution >= 4 is 5.91 Å². The van der Waals surface area contributed by atoms with Crippen molar-refractivity contribution < 1.29 is 18.3 Å². The standard InChI is InChI=1S/C14H18F2N2O2/c15-12-3-1-2-11(13(12)16)14(19)18-7-4-10(5-8-18)20-9-6-17/h1-3,10H,4-9,17H2. The van der Waals surface area contributed by atoms with Crippen molar-refractivity contribution in [3.8, 4) is 0 Å². The predicted octanol–water partition coefficient (Wildman–Crippen LogP) is 1.54. The van der Waals surface area contributed by atoms with Crippen molar-refractivity contribution in [2.24, 2.45) is 5.73 Å². The molecule has 0 radical (unpaired) electrons. The molecular weight excluding hydrogens is 266 g/mol. The van der Waals surface area contributed by atoms with Gasteiger partial charge in [-0.15, -0.1) is 0 Å². The Kier molecular flexibility index (Phi) is 5.03. The van der Waals surface area contributed by atoms with E-state index >= 15 is 0 Å². The van der Waals surface area contributed by atoms with Crippen LogP contribution >= 0.6 is 0 Å². The molecule has 1 aromatic carbocycles. The first kappa shape index (κ1) is 14.9. The molecule has 0 unspecified atom stereocenters. The number of amides is 1. The van der Waals surface area contributed by atoms with E-state index in [1.807, 2.05) is 0 Å². The van der Waals surface area contributed by atoms with Crippen LogP contribution in [0.1, 0.15) is 23.2 Å². The van der Waals surface area contributed by atoms with E-state index in [1.165, 1.54) is 17.0 Å². The van der Waals surface area contributed by atoms with Gasteiger partial charge >= 0.3 is 0 Å². The van der Waals surface area contributed by atoms with Crippen LogP contribution in [0.5, 0.6) is 0 Å². The van der Waals surface area contributed by atoms with Crippen LogP contribution in [0.25, 0.3) is 0 Å². The van der Waals surface area contributed by atoms with Gasteiger partial charge in [0, 0.05) is 19.6 Å². The van der Waals surface area contributed by atoms with E-state index in [1.54, 1.807) is 0 Å². The van der Waals surface area contributed by atoms with E-state index in [4.69, 9.17) is 10.5 Å². The summed E-state index contributed by atoms with van der Waals surface area (Å²) in [6.45, 7) is 1.92. The summed E-state index contributed by atoms with van der Waals surface area (Å²) in [6.07, 6.45) is 1.45. The van der Waals surface area contributed by atoms with Gasteiger partial charge in [-0.3, -0.25) is 4.79 Å². The number of hydrogen-bond acceptors (Lipinski definition) is 3. The largest absolute Gasteiger partial charge is 0.377 e. The Balaban J connectivity index is 1.96. The first-order valence-corrected chi connectivity index (χ1v) is 6.68. The third-order valence-corrected chi connectivity index (χ3v) is 3.38. The van der Waals surface area contributed by atoms with Crippen LogP contribution in [0.3, 0.4) is 0 Å². The highest BCUT2D eigenvalue weighted by atomic mass is 19.2. The minimum atomic E-state index is -1.08. The Morgan fingerprint density at radius 3 is 2.70 bits per heavy atom. The minimum Gasteiger partial charge on any atom is -0.377 e. The summed E-state index contributed by atoms with van der Waals surface area (Å²) in [5, 5.41) is 0. The van der Waals surface area contributed by atoms with Gasteiger partial charge in [0.2, 0.25) is 0 Å². The fourth-order valence-corrected chi connectivity index (χ4v) is 2.30. The smallest absolute Gasteiger partial charge is 0.256 e. The number of nitrogens with two attached hydrogens (primary N) is 1. The molecule has 0 saturated carbocycles. The zero-order valence-corrected chi connectivity index (χ0v) is 11.1.